The minimum atomic E-state index is 0.821. The zero-order valence-electron chi connectivity index (χ0n) is 12.2. The Labute approximate surface area is 125 Å². The summed E-state index contributed by atoms with van der Waals surface area (Å²) in [6.07, 6.45) is 1.82. The lowest BCUT2D eigenvalue weighted by Gasteiger charge is -2.24. The van der Waals surface area contributed by atoms with Crippen LogP contribution in [0.3, 0.4) is 0 Å². The average Bonchev–Trinajstić information content (AvgIpc) is 2.53. The van der Waals surface area contributed by atoms with Gasteiger partial charge in [-0.15, -0.1) is 0 Å². The number of nitrogens with two attached hydrogens (primary N) is 1. The molecule has 0 radical (unpaired) electrons. The third-order valence-electron chi connectivity index (χ3n) is 3.70. The van der Waals surface area contributed by atoms with Crippen LogP contribution in [-0.4, -0.2) is 11.5 Å². The maximum absolute atomic E-state index is 6.09. The van der Waals surface area contributed by atoms with Crippen molar-refractivity contribution in [2.75, 3.05) is 17.2 Å². The van der Waals surface area contributed by atoms with Crippen molar-refractivity contribution in [1.82, 2.24) is 4.98 Å². The molecule has 3 rings (SSSR count). The molecule has 0 bridgehead atoms. The summed E-state index contributed by atoms with van der Waals surface area (Å²) >= 11 is 0. The number of aromatic nitrogens is 1. The molecule has 0 aliphatic rings. The lowest BCUT2D eigenvalue weighted by atomic mass is 10.1. The number of para-hydroxylation sites is 2. The van der Waals surface area contributed by atoms with Crippen LogP contribution in [0.4, 0.5) is 11.4 Å². The van der Waals surface area contributed by atoms with Crippen LogP contribution in [0, 0.1) is 0 Å². The minimum absolute atomic E-state index is 0.821. The molecule has 0 fully saturated rings. The smallest absolute Gasteiger partial charge is 0.0702 e. The first-order valence-electron chi connectivity index (χ1n) is 7.21. The SMILES string of the molecule is CCN(Cc1ccc2ncccc2c1)c1ccccc1N. The molecule has 3 aromatic rings. The fourth-order valence-electron chi connectivity index (χ4n) is 2.59. The third-order valence-corrected chi connectivity index (χ3v) is 3.70. The number of nitrogen functional groups attached to an aromatic ring is 1. The Kier molecular flexibility index (Phi) is 3.73. The molecular formula is C18H19N3. The highest BCUT2D eigenvalue weighted by Crippen LogP contribution is 2.24. The van der Waals surface area contributed by atoms with Crippen LogP contribution >= 0.6 is 0 Å². The molecule has 106 valence electrons. The molecular weight excluding hydrogens is 258 g/mol. The first-order valence-corrected chi connectivity index (χ1v) is 7.21. The monoisotopic (exact) mass is 277 g/mol. The summed E-state index contributed by atoms with van der Waals surface area (Å²) in [5.74, 6) is 0. The van der Waals surface area contributed by atoms with Gasteiger partial charge in [0.25, 0.3) is 0 Å². The van der Waals surface area contributed by atoms with E-state index < -0.39 is 0 Å². The number of anilines is 2. The average molecular weight is 277 g/mol. The first kappa shape index (κ1) is 13.4. The highest BCUT2D eigenvalue weighted by molar-refractivity contribution is 5.79. The molecule has 1 heterocycles. The second-order valence-corrected chi connectivity index (χ2v) is 5.10. The number of fused-ring (bicyclic) bond motifs is 1. The van der Waals surface area contributed by atoms with Crippen molar-refractivity contribution in [1.29, 1.82) is 0 Å². The lowest BCUT2D eigenvalue weighted by Crippen LogP contribution is -2.22. The molecule has 3 heteroatoms. The summed E-state index contributed by atoms with van der Waals surface area (Å²) in [7, 11) is 0. The van der Waals surface area contributed by atoms with Crippen molar-refractivity contribution in [2.45, 2.75) is 13.5 Å². The number of rotatable bonds is 4. The Balaban J connectivity index is 1.90. The molecule has 0 aliphatic carbocycles. The zero-order chi connectivity index (χ0) is 14.7. The predicted octanol–water partition coefficient (Wildman–Crippen LogP) is 3.84. The number of pyridine rings is 1. The van der Waals surface area contributed by atoms with Crippen molar-refractivity contribution in [2.24, 2.45) is 0 Å². The van der Waals surface area contributed by atoms with E-state index in [0.29, 0.717) is 0 Å². The van der Waals surface area contributed by atoms with Crippen LogP contribution in [-0.2, 0) is 6.54 Å². The van der Waals surface area contributed by atoms with Crippen LogP contribution in [0.25, 0.3) is 10.9 Å². The zero-order valence-corrected chi connectivity index (χ0v) is 12.2. The molecule has 3 nitrogen and oxygen atoms in total. The van der Waals surface area contributed by atoms with Gasteiger partial charge in [0.1, 0.15) is 0 Å². The summed E-state index contributed by atoms with van der Waals surface area (Å²) in [5, 5.41) is 1.17. The van der Waals surface area contributed by atoms with E-state index in [1.807, 2.05) is 30.5 Å². The van der Waals surface area contributed by atoms with Gasteiger partial charge in [-0.05, 0) is 42.8 Å². The summed E-state index contributed by atoms with van der Waals surface area (Å²) in [6.45, 7) is 3.91. The van der Waals surface area contributed by atoms with Gasteiger partial charge < -0.3 is 10.6 Å². The number of benzene rings is 2. The molecule has 0 saturated carbocycles. The maximum atomic E-state index is 6.09. The summed E-state index contributed by atoms with van der Waals surface area (Å²) in [4.78, 5) is 6.64. The molecule has 0 aliphatic heterocycles. The second-order valence-electron chi connectivity index (χ2n) is 5.10. The van der Waals surface area contributed by atoms with E-state index in [9.17, 15) is 0 Å². The minimum Gasteiger partial charge on any atom is -0.397 e. The van der Waals surface area contributed by atoms with E-state index in [-0.39, 0.29) is 0 Å². The van der Waals surface area contributed by atoms with Gasteiger partial charge >= 0.3 is 0 Å². The molecule has 1 aromatic heterocycles. The van der Waals surface area contributed by atoms with Crippen LogP contribution in [0.15, 0.2) is 60.8 Å². The van der Waals surface area contributed by atoms with Gasteiger partial charge in [0, 0.05) is 24.7 Å². The number of hydrogen-bond acceptors (Lipinski definition) is 3. The van der Waals surface area contributed by atoms with Gasteiger partial charge in [0.2, 0.25) is 0 Å². The first-order chi connectivity index (χ1) is 10.3. The van der Waals surface area contributed by atoms with E-state index in [4.69, 9.17) is 5.73 Å². The van der Waals surface area contributed by atoms with E-state index in [0.717, 1.165) is 30.0 Å². The molecule has 21 heavy (non-hydrogen) atoms. The van der Waals surface area contributed by atoms with Gasteiger partial charge in [0.05, 0.1) is 16.9 Å². The molecule has 0 spiro atoms. The summed E-state index contributed by atoms with van der Waals surface area (Å²) < 4.78 is 0. The Hall–Kier alpha value is -2.55. The normalized spacial score (nSPS) is 10.7. The fourth-order valence-corrected chi connectivity index (χ4v) is 2.59. The van der Waals surface area contributed by atoms with Gasteiger partial charge in [-0.25, -0.2) is 0 Å². The topological polar surface area (TPSA) is 42.2 Å². The second kappa shape index (κ2) is 5.83. The number of hydrogen-bond donors (Lipinski definition) is 1. The van der Waals surface area contributed by atoms with E-state index in [2.05, 4.69) is 47.1 Å². The van der Waals surface area contributed by atoms with E-state index in [1.54, 1.807) is 0 Å². The molecule has 0 unspecified atom stereocenters. The number of nitrogens with zero attached hydrogens (tertiary/aromatic N) is 2. The molecule has 2 N–H and O–H groups in total. The van der Waals surface area contributed by atoms with Gasteiger partial charge in [0.15, 0.2) is 0 Å². The Morgan fingerprint density at radius 3 is 2.71 bits per heavy atom. The highest BCUT2D eigenvalue weighted by atomic mass is 15.1. The molecule has 0 amide bonds. The fraction of sp³-hybridized carbons (Fsp3) is 0.167. The third kappa shape index (κ3) is 2.82. The Morgan fingerprint density at radius 2 is 1.90 bits per heavy atom. The van der Waals surface area contributed by atoms with Crippen molar-refractivity contribution >= 4 is 22.3 Å². The van der Waals surface area contributed by atoms with Gasteiger partial charge in [-0.3, -0.25) is 4.98 Å². The predicted molar refractivity (Wildman–Crippen MR) is 89.3 cm³/mol. The van der Waals surface area contributed by atoms with Crippen molar-refractivity contribution in [3.63, 3.8) is 0 Å². The largest absolute Gasteiger partial charge is 0.397 e. The Bertz CT molecular complexity index is 752. The van der Waals surface area contributed by atoms with Crippen LogP contribution in [0.5, 0.6) is 0 Å². The highest BCUT2D eigenvalue weighted by Gasteiger charge is 2.08. The van der Waals surface area contributed by atoms with Crippen molar-refractivity contribution in [3.05, 3.63) is 66.4 Å². The van der Waals surface area contributed by atoms with Gasteiger partial charge in [-0.1, -0.05) is 24.3 Å². The Morgan fingerprint density at radius 1 is 1.05 bits per heavy atom. The molecule has 2 aromatic carbocycles. The summed E-state index contributed by atoms with van der Waals surface area (Å²) in [6, 6.07) is 18.5. The molecule has 0 saturated heterocycles. The molecule has 0 atom stereocenters. The van der Waals surface area contributed by atoms with Crippen LogP contribution < -0.4 is 10.6 Å². The van der Waals surface area contributed by atoms with E-state index >= 15 is 0 Å². The standard InChI is InChI=1S/C18H19N3/c1-2-21(18-8-4-3-7-16(18)19)13-14-9-10-17-15(12-14)6-5-11-20-17/h3-12H,2,13,19H2,1H3. The van der Waals surface area contributed by atoms with Crippen molar-refractivity contribution < 1.29 is 0 Å². The van der Waals surface area contributed by atoms with Gasteiger partial charge in [-0.2, -0.15) is 0 Å². The maximum Gasteiger partial charge on any atom is 0.0702 e. The van der Waals surface area contributed by atoms with E-state index in [1.165, 1.54) is 10.9 Å². The lowest BCUT2D eigenvalue weighted by molar-refractivity contribution is 0.834. The summed E-state index contributed by atoms with van der Waals surface area (Å²) in [5.41, 5.74) is 10.3. The van der Waals surface area contributed by atoms with Crippen molar-refractivity contribution in [3.8, 4) is 0 Å². The van der Waals surface area contributed by atoms with Crippen LogP contribution in [0.2, 0.25) is 0 Å². The quantitative estimate of drug-likeness (QED) is 0.737. The van der Waals surface area contributed by atoms with Crippen LogP contribution in [0.1, 0.15) is 12.5 Å².